The van der Waals surface area contributed by atoms with Gasteiger partial charge in [-0.2, -0.15) is 5.10 Å². The summed E-state index contributed by atoms with van der Waals surface area (Å²) in [4.78, 5) is 14.3. The minimum absolute atomic E-state index is 0.102. The van der Waals surface area contributed by atoms with E-state index in [1.54, 1.807) is 35.4 Å². The molecule has 1 fully saturated rings. The molecule has 0 bridgehead atoms. The number of halogens is 1. The highest BCUT2D eigenvalue weighted by molar-refractivity contribution is 5.92. The van der Waals surface area contributed by atoms with E-state index in [9.17, 15) is 9.18 Å². The van der Waals surface area contributed by atoms with Crippen molar-refractivity contribution in [2.24, 2.45) is 0 Å². The molecular formula is C16H19FN4O. The van der Waals surface area contributed by atoms with Crippen LogP contribution in [0.3, 0.4) is 0 Å². The topological polar surface area (TPSA) is 50.2 Å². The van der Waals surface area contributed by atoms with Gasteiger partial charge in [0.2, 0.25) is 0 Å². The molecule has 0 aliphatic carbocycles. The largest absolute Gasteiger partial charge is 0.336 e. The molecule has 5 nitrogen and oxygen atoms in total. The average molecular weight is 302 g/mol. The second-order valence-electron chi connectivity index (χ2n) is 5.48. The first kappa shape index (κ1) is 14.7. The fourth-order valence-electron chi connectivity index (χ4n) is 2.77. The third-order valence-corrected chi connectivity index (χ3v) is 4.02. The second-order valence-corrected chi connectivity index (χ2v) is 5.48. The molecule has 1 aliphatic rings. The van der Waals surface area contributed by atoms with Gasteiger partial charge in [0, 0.05) is 25.3 Å². The van der Waals surface area contributed by atoms with E-state index in [4.69, 9.17) is 0 Å². The zero-order valence-electron chi connectivity index (χ0n) is 12.5. The van der Waals surface area contributed by atoms with Gasteiger partial charge < -0.3 is 10.2 Å². The molecule has 116 valence electrons. The standard InChI is InChI=1S/C16H19FN4O/c1-18-12-5-4-9-20(11-12)16(22)14-8-10-21(19-14)15-7-3-2-6-13(15)17/h2-3,6-8,10,12,18H,4-5,9,11H2,1H3/t12-/m1/s1. The van der Waals surface area contributed by atoms with Crippen LogP contribution >= 0.6 is 0 Å². The minimum atomic E-state index is -0.363. The number of hydrogen-bond acceptors (Lipinski definition) is 3. The first-order valence-corrected chi connectivity index (χ1v) is 7.46. The van der Waals surface area contributed by atoms with E-state index in [0.29, 0.717) is 24.0 Å². The van der Waals surface area contributed by atoms with Crippen LogP contribution in [0.25, 0.3) is 5.69 Å². The number of nitrogens with zero attached hydrogens (tertiary/aromatic N) is 3. The van der Waals surface area contributed by atoms with Crippen LogP contribution in [0, 0.1) is 5.82 Å². The number of carbonyl (C=O) groups excluding carboxylic acids is 1. The summed E-state index contributed by atoms with van der Waals surface area (Å²) in [5, 5.41) is 7.44. The summed E-state index contributed by atoms with van der Waals surface area (Å²) in [5.41, 5.74) is 0.688. The fraction of sp³-hybridized carbons (Fsp3) is 0.375. The maximum absolute atomic E-state index is 13.8. The molecule has 0 spiro atoms. The fourth-order valence-corrected chi connectivity index (χ4v) is 2.77. The lowest BCUT2D eigenvalue weighted by molar-refractivity contribution is 0.0691. The van der Waals surface area contributed by atoms with E-state index in [2.05, 4.69) is 10.4 Å². The van der Waals surface area contributed by atoms with Gasteiger partial charge in [0.15, 0.2) is 5.69 Å². The Morgan fingerprint density at radius 3 is 2.95 bits per heavy atom. The SMILES string of the molecule is CN[C@@H]1CCCN(C(=O)c2ccn(-c3ccccc3F)n2)C1. The number of amides is 1. The first-order valence-electron chi connectivity index (χ1n) is 7.46. The summed E-state index contributed by atoms with van der Waals surface area (Å²) >= 11 is 0. The number of para-hydroxylation sites is 1. The Kier molecular flexibility index (Phi) is 4.20. The van der Waals surface area contributed by atoms with Gasteiger partial charge in [0.1, 0.15) is 11.5 Å². The van der Waals surface area contributed by atoms with Crippen molar-refractivity contribution in [1.29, 1.82) is 0 Å². The van der Waals surface area contributed by atoms with E-state index in [1.807, 2.05) is 7.05 Å². The number of piperidine rings is 1. The van der Waals surface area contributed by atoms with Gasteiger partial charge in [-0.15, -0.1) is 0 Å². The molecule has 2 aromatic rings. The molecule has 1 atom stereocenters. The summed E-state index contributed by atoms with van der Waals surface area (Å²) in [5.74, 6) is -0.465. The number of rotatable bonds is 3. The molecule has 1 amide bonds. The van der Waals surface area contributed by atoms with E-state index < -0.39 is 0 Å². The number of nitrogens with one attached hydrogen (secondary N) is 1. The summed E-state index contributed by atoms with van der Waals surface area (Å²) in [6.07, 6.45) is 3.67. The Balaban J connectivity index is 1.79. The first-order chi connectivity index (χ1) is 10.7. The lowest BCUT2D eigenvalue weighted by Gasteiger charge is -2.32. The lowest BCUT2D eigenvalue weighted by atomic mass is 10.1. The number of aromatic nitrogens is 2. The Hall–Kier alpha value is -2.21. The van der Waals surface area contributed by atoms with Crippen molar-refractivity contribution in [3.63, 3.8) is 0 Å². The Morgan fingerprint density at radius 1 is 1.36 bits per heavy atom. The highest BCUT2D eigenvalue weighted by atomic mass is 19.1. The average Bonchev–Trinajstić information content (AvgIpc) is 3.04. The maximum atomic E-state index is 13.8. The number of likely N-dealkylation sites (N-methyl/N-ethyl adjacent to an activating group) is 1. The lowest BCUT2D eigenvalue weighted by Crippen LogP contribution is -2.47. The van der Waals surface area contributed by atoms with Crippen molar-refractivity contribution in [3.05, 3.63) is 48.0 Å². The summed E-state index contributed by atoms with van der Waals surface area (Å²) < 4.78 is 15.2. The number of benzene rings is 1. The molecular weight excluding hydrogens is 283 g/mol. The van der Waals surface area contributed by atoms with E-state index in [-0.39, 0.29) is 11.7 Å². The summed E-state index contributed by atoms with van der Waals surface area (Å²) in [7, 11) is 1.91. The minimum Gasteiger partial charge on any atom is -0.336 e. The van der Waals surface area contributed by atoms with Gasteiger partial charge in [0.25, 0.3) is 5.91 Å². The maximum Gasteiger partial charge on any atom is 0.274 e. The Morgan fingerprint density at radius 2 is 2.18 bits per heavy atom. The molecule has 1 aliphatic heterocycles. The predicted octanol–water partition coefficient (Wildman–Crippen LogP) is 1.84. The molecule has 2 heterocycles. The molecule has 6 heteroatoms. The van der Waals surface area contributed by atoms with Crippen LogP contribution in [0.2, 0.25) is 0 Å². The second kappa shape index (κ2) is 6.27. The monoisotopic (exact) mass is 302 g/mol. The molecule has 0 radical (unpaired) electrons. The van der Waals surface area contributed by atoms with Crippen LogP contribution in [-0.2, 0) is 0 Å². The zero-order valence-corrected chi connectivity index (χ0v) is 12.5. The van der Waals surface area contributed by atoms with Gasteiger partial charge in [-0.05, 0) is 38.1 Å². The van der Waals surface area contributed by atoms with Crippen molar-refractivity contribution in [1.82, 2.24) is 20.0 Å². The van der Waals surface area contributed by atoms with Gasteiger partial charge in [-0.3, -0.25) is 4.79 Å². The quantitative estimate of drug-likeness (QED) is 0.941. The zero-order chi connectivity index (χ0) is 15.5. The molecule has 1 aromatic heterocycles. The third kappa shape index (κ3) is 2.87. The highest BCUT2D eigenvalue weighted by Gasteiger charge is 2.25. The van der Waals surface area contributed by atoms with Crippen molar-refractivity contribution < 1.29 is 9.18 Å². The third-order valence-electron chi connectivity index (χ3n) is 4.02. The Bertz CT molecular complexity index is 670. The number of hydrogen-bond donors (Lipinski definition) is 1. The van der Waals surface area contributed by atoms with Crippen molar-refractivity contribution in [2.45, 2.75) is 18.9 Å². The van der Waals surface area contributed by atoms with E-state index in [1.165, 1.54) is 10.7 Å². The van der Waals surface area contributed by atoms with Gasteiger partial charge in [-0.1, -0.05) is 12.1 Å². The van der Waals surface area contributed by atoms with Crippen LogP contribution in [0.4, 0.5) is 4.39 Å². The van der Waals surface area contributed by atoms with Crippen molar-refractivity contribution >= 4 is 5.91 Å². The molecule has 3 rings (SSSR count). The van der Waals surface area contributed by atoms with E-state index in [0.717, 1.165) is 19.4 Å². The number of carbonyl (C=O) groups is 1. The molecule has 1 N–H and O–H groups in total. The summed E-state index contributed by atoms with van der Waals surface area (Å²) in [6.45, 7) is 1.42. The van der Waals surface area contributed by atoms with Crippen molar-refractivity contribution in [2.75, 3.05) is 20.1 Å². The van der Waals surface area contributed by atoms with Gasteiger partial charge in [0.05, 0.1) is 0 Å². The highest BCUT2D eigenvalue weighted by Crippen LogP contribution is 2.15. The summed E-state index contributed by atoms with van der Waals surface area (Å²) in [6, 6.07) is 8.34. The van der Waals surface area contributed by atoms with Crippen LogP contribution < -0.4 is 5.32 Å². The van der Waals surface area contributed by atoms with Crippen LogP contribution in [0.1, 0.15) is 23.3 Å². The Labute approximate surface area is 128 Å². The molecule has 1 aromatic carbocycles. The van der Waals surface area contributed by atoms with Crippen molar-refractivity contribution in [3.8, 4) is 5.69 Å². The normalized spacial score (nSPS) is 18.5. The molecule has 0 unspecified atom stereocenters. The van der Waals surface area contributed by atoms with Gasteiger partial charge in [-0.25, -0.2) is 9.07 Å². The van der Waals surface area contributed by atoms with Crippen LogP contribution in [0.5, 0.6) is 0 Å². The predicted molar refractivity (Wildman–Crippen MR) is 81.5 cm³/mol. The van der Waals surface area contributed by atoms with Crippen LogP contribution in [0.15, 0.2) is 36.5 Å². The van der Waals surface area contributed by atoms with Crippen LogP contribution in [-0.4, -0.2) is 46.8 Å². The number of likely N-dealkylation sites (tertiary alicyclic amines) is 1. The van der Waals surface area contributed by atoms with E-state index >= 15 is 0 Å². The molecule has 22 heavy (non-hydrogen) atoms. The molecule has 1 saturated heterocycles. The van der Waals surface area contributed by atoms with Gasteiger partial charge >= 0.3 is 0 Å². The smallest absolute Gasteiger partial charge is 0.274 e. The molecule has 0 saturated carbocycles.